The van der Waals surface area contributed by atoms with Gasteiger partial charge in [-0.15, -0.1) is 11.8 Å². The maximum absolute atomic E-state index is 12.6. The molecule has 0 unspecified atom stereocenters. The number of methoxy groups -OCH3 is 1. The molecule has 0 aliphatic heterocycles. The van der Waals surface area contributed by atoms with Gasteiger partial charge in [-0.05, 0) is 62.5 Å². The molecule has 1 fully saturated rings. The quantitative estimate of drug-likeness (QED) is 0.392. The molecule has 0 amide bonds. The van der Waals surface area contributed by atoms with E-state index in [9.17, 15) is 4.79 Å². The van der Waals surface area contributed by atoms with Crippen LogP contribution in [0.3, 0.4) is 0 Å². The zero-order valence-electron chi connectivity index (χ0n) is 15.6. The third-order valence-electron chi connectivity index (χ3n) is 5.18. The molecular formula is C21H30O2S. The highest BCUT2D eigenvalue weighted by Crippen LogP contribution is 2.49. The molecule has 0 aromatic heterocycles. The zero-order chi connectivity index (χ0) is 17.9. The monoisotopic (exact) mass is 346 g/mol. The first-order chi connectivity index (χ1) is 11.2. The van der Waals surface area contributed by atoms with Crippen LogP contribution in [-0.4, -0.2) is 18.3 Å². The van der Waals surface area contributed by atoms with Gasteiger partial charge in [-0.1, -0.05) is 43.7 Å². The van der Waals surface area contributed by atoms with Crippen LogP contribution in [0.2, 0.25) is 0 Å². The van der Waals surface area contributed by atoms with Crippen molar-refractivity contribution in [2.24, 2.45) is 17.3 Å². The summed E-state index contributed by atoms with van der Waals surface area (Å²) >= 11 is 1.64. The van der Waals surface area contributed by atoms with E-state index in [1.807, 2.05) is 0 Å². The summed E-state index contributed by atoms with van der Waals surface area (Å²) in [6.07, 6.45) is 3.32. The van der Waals surface area contributed by atoms with Gasteiger partial charge in [0, 0.05) is 4.90 Å². The van der Waals surface area contributed by atoms with Crippen LogP contribution in [0.5, 0.6) is 0 Å². The number of ether oxygens (including phenoxy) is 1. The fourth-order valence-corrected chi connectivity index (χ4v) is 5.00. The molecule has 0 saturated heterocycles. The number of benzene rings is 1. The van der Waals surface area contributed by atoms with Crippen molar-refractivity contribution in [3.63, 3.8) is 0 Å². The Bertz CT molecular complexity index is 588. The van der Waals surface area contributed by atoms with Crippen molar-refractivity contribution in [3.05, 3.63) is 42.0 Å². The van der Waals surface area contributed by atoms with Crippen LogP contribution >= 0.6 is 11.8 Å². The van der Waals surface area contributed by atoms with Crippen LogP contribution in [0, 0.1) is 24.2 Å². The fourth-order valence-electron chi connectivity index (χ4n) is 3.76. The van der Waals surface area contributed by atoms with E-state index in [0.29, 0.717) is 5.92 Å². The summed E-state index contributed by atoms with van der Waals surface area (Å²) in [5.74, 6) is 0.541. The normalized spacial score (nSPS) is 24.2. The fraction of sp³-hybridized carbons (Fsp3) is 0.571. The lowest BCUT2D eigenvalue weighted by Gasteiger charge is -2.43. The van der Waals surface area contributed by atoms with Crippen LogP contribution in [0.1, 0.15) is 45.6 Å². The van der Waals surface area contributed by atoms with Crippen LogP contribution in [0.25, 0.3) is 0 Å². The maximum atomic E-state index is 12.6. The first-order valence-corrected chi connectivity index (χ1v) is 9.58. The minimum atomic E-state index is -0.181. The van der Waals surface area contributed by atoms with Crippen molar-refractivity contribution in [1.29, 1.82) is 0 Å². The molecule has 1 saturated carbocycles. The average Bonchev–Trinajstić information content (AvgIpc) is 2.52. The van der Waals surface area contributed by atoms with Crippen molar-refractivity contribution in [3.8, 4) is 0 Å². The summed E-state index contributed by atoms with van der Waals surface area (Å²) < 4.78 is 5.17. The van der Waals surface area contributed by atoms with Gasteiger partial charge in [-0.3, -0.25) is 4.79 Å². The van der Waals surface area contributed by atoms with Gasteiger partial charge in [-0.25, -0.2) is 0 Å². The Balaban J connectivity index is 2.31. The Kier molecular flexibility index (Phi) is 6.19. The number of allylic oxidation sites excluding steroid dienone is 1. The second kappa shape index (κ2) is 7.77. The molecule has 0 heterocycles. The van der Waals surface area contributed by atoms with E-state index in [0.717, 1.165) is 17.7 Å². The smallest absolute Gasteiger partial charge is 0.319 e. The van der Waals surface area contributed by atoms with E-state index < -0.39 is 0 Å². The highest BCUT2D eigenvalue weighted by Gasteiger charge is 2.42. The number of esters is 1. The number of thioether (sulfide) groups is 1. The number of rotatable bonds is 5. The van der Waals surface area contributed by atoms with E-state index in [1.165, 1.54) is 24.7 Å². The molecule has 0 radical (unpaired) electrons. The van der Waals surface area contributed by atoms with Gasteiger partial charge in [0.2, 0.25) is 0 Å². The minimum absolute atomic E-state index is 0.116. The molecule has 1 aromatic rings. The molecular weight excluding hydrogens is 316 g/mol. The average molecular weight is 347 g/mol. The van der Waals surface area contributed by atoms with Gasteiger partial charge in [0.05, 0.1) is 7.11 Å². The van der Waals surface area contributed by atoms with Crippen molar-refractivity contribution >= 4 is 17.7 Å². The first-order valence-electron chi connectivity index (χ1n) is 8.70. The van der Waals surface area contributed by atoms with Gasteiger partial charge in [0.1, 0.15) is 5.25 Å². The summed E-state index contributed by atoms with van der Waals surface area (Å²) in [6, 6.07) is 8.38. The second-order valence-electron chi connectivity index (χ2n) is 7.90. The zero-order valence-corrected chi connectivity index (χ0v) is 16.4. The lowest BCUT2D eigenvalue weighted by Crippen LogP contribution is -2.40. The standard InChI is InChI=1S/C21H30O2S/c1-14(2)17-11-12-21(4,5)13-18(17)19(20(22)23-6)24-16-9-7-15(3)8-10-16/h7-10,17-19H,1,11-13H2,2-6H3/t17-,18+,19+/m1/s1. The summed E-state index contributed by atoms with van der Waals surface area (Å²) in [7, 11) is 1.49. The van der Waals surface area contributed by atoms with Gasteiger partial charge in [0.25, 0.3) is 0 Å². The molecule has 0 N–H and O–H groups in total. The third kappa shape index (κ3) is 4.66. The lowest BCUT2D eigenvalue weighted by atomic mass is 9.64. The van der Waals surface area contributed by atoms with E-state index >= 15 is 0 Å². The summed E-state index contributed by atoms with van der Waals surface area (Å²) in [5.41, 5.74) is 2.68. The minimum Gasteiger partial charge on any atom is -0.468 e. The number of hydrogen-bond donors (Lipinski definition) is 0. The molecule has 24 heavy (non-hydrogen) atoms. The molecule has 1 aliphatic carbocycles. The van der Waals surface area contributed by atoms with Crippen LogP contribution in [0.15, 0.2) is 41.3 Å². The highest BCUT2D eigenvalue weighted by atomic mass is 32.2. The number of hydrogen-bond acceptors (Lipinski definition) is 3. The molecule has 0 spiro atoms. The number of carbonyl (C=O) groups excluding carboxylic acids is 1. The molecule has 3 heteroatoms. The Morgan fingerprint density at radius 2 is 1.96 bits per heavy atom. The number of aryl methyl sites for hydroxylation is 1. The van der Waals surface area contributed by atoms with Gasteiger partial charge in [0.15, 0.2) is 0 Å². The van der Waals surface area contributed by atoms with Crippen molar-refractivity contribution in [2.75, 3.05) is 7.11 Å². The predicted octanol–water partition coefficient (Wildman–Crippen LogP) is 5.65. The van der Waals surface area contributed by atoms with E-state index in [-0.39, 0.29) is 22.6 Å². The van der Waals surface area contributed by atoms with Crippen molar-refractivity contribution in [1.82, 2.24) is 0 Å². The SMILES string of the molecule is C=C(C)[C@H]1CCC(C)(C)C[C@@H]1[C@H](Sc1ccc(C)cc1)C(=O)OC. The Labute approximate surface area is 151 Å². The number of carbonyl (C=O) groups is 1. The van der Waals surface area contributed by atoms with E-state index in [1.54, 1.807) is 11.8 Å². The van der Waals surface area contributed by atoms with Gasteiger partial charge in [-0.2, -0.15) is 0 Å². The predicted molar refractivity (Wildman–Crippen MR) is 102 cm³/mol. The third-order valence-corrected chi connectivity index (χ3v) is 6.52. The Hall–Kier alpha value is -1.22. The second-order valence-corrected chi connectivity index (χ2v) is 9.11. The molecule has 1 aliphatic rings. The molecule has 2 rings (SSSR count). The molecule has 0 bridgehead atoms. The maximum Gasteiger partial charge on any atom is 0.319 e. The van der Waals surface area contributed by atoms with Crippen LogP contribution < -0.4 is 0 Å². The largest absolute Gasteiger partial charge is 0.468 e. The van der Waals surface area contributed by atoms with Gasteiger partial charge >= 0.3 is 5.97 Å². The lowest BCUT2D eigenvalue weighted by molar-refractivity contribution is -0.141. The Morgan fingerprint density at radius 3 is 2.50 bits per heavy atom. The summed E-state index contributed by atoms with van der Waals surface area (Å²) in [4.78, 5) is 13.7. The molecule has 3 atom stereocenters. The highest BCUT2D eigenvalue weighted by molar-refractivity contribution is 8.00. The van der Waals surface area contributed by atoms with E-state index in [4.69, 9.17) is 4.74 Å². The summed E-state index contributed by atoms with van der Waals surface area (Å²) in [6.45, 7) is 13.0. The topological polar surface area (TPSA) is 26.3 Å². The van der Waals surface area contributed by atoms with Gasteiger partial charge < -0.3 is 4.74 Å². The van der Waals surface area contributed by atoms with E-state index in [2.05, 4.69) is 58.5 Å². The van der Waals surface area contributed by atoms with Crippen molar-refractivity contribution in [2.45, 2.75) is 57.1 Å². The molecule has 2 nitrogen and oxygen atoms in total. The first kappa shape index (κ1) is 19.1. The van der Waals surface area contributed by atoms with Crippen molar-refractivity contribution < 1.29 is 9.53 Å². The summed E-state index contributed by atoms with van der Waals surface area (Å²) in [5, 5.41) is -0.181. The van der Waals surface area contributed by atoms with Crippen LogP contribution in [0.4, 0.5) is 0 Å². The molecule has 132 valence electrons. The van der Waals surface area contributed by atoms with Crippen LogP contribution in [-0.2, 0) is 9.53 Å². The Morgan fingerprint density at radius 1 is 1.33 bits per heavy atom. The molecule has 1 aromatic carbocycles.